The average Bonchev–Trinajstić information content (AvgIpc) is 2.59. The second-order valence-electron chi connectivity index (χ2n) is 5.95. The number of halogens is 1. The lowest BCUT2D eigenvalue weighted by atomic mass is 10.0. The Labute approximate surface area is 118 Å². The molecule has 106 valence electrons. The molecular formula is C16H19FN2O. The Hall–Kier alpha value is -1.84. The van der Waals surface area contributed by atoms with Gasteiger partial charge in [0, 0.05) is 17.7 Å². The summed E-state index contributed by atoms with van der Waals surface area (Å²) in [5.74, 6) is 0.522. The summed E-state index contributed by atoms with van der Waals surface area (Å²) >= 11 is 0. The summed E-state index contributed by atoms with van der Waals surface area (Å²) in [5, 5.41) is 4.56. The van der Waals surface area contributed by atoms with Gasteiger partial charge >= 0.3 is 0 Å². The number of aryl methyl sites for hydroxylation is 1. The van der Waals surface area contributed by atoms with Crippen molar-refractivity contribution < 1.29 is 9.13 Å². The van der Waals surface area contributed by atoms with Crippen LogP contribution < -0.4 is 4.74 Å². The van der Waals surface area contributed by atoms with E-state index < -0.39 is 0 Å². The third-order valence-corrected chi connectivity index (χ3v) is 3.78. The van der Waals surface area contributed by atoms with Gasteiger partial charge in [0.1, 0.15) is 17.1 Å². The van der Waals surface area contributed by atoms with Crippen LogP contribution in [0.15, 0.2) is 24.3 Å². The minimum Gasteiger partial charge on any atom is -0.472 e. The number of rotatable bonds is 1. The molecule has 0 atom stereocenters. The first-order chi connectivity index (χ1) is 9.48. The molecular weight excluding hydrogens is 255 g/mol. The standard InChI is InChI=1S/C16H19FN2O/c1-11-14(12-7-4-5-8-13(12)17)18-19-10-6-9-16(2,3)20-15(11)19/h4-5,7-8H,6,9-10H2,1-3H3. The Morgan fingerprint density at radius 2 is 2.05 bits per heavy atom. The first-order valence-electron chi connectivity index (χ1n) is 6.99. The van der Waals surface area contributed by atoms with Crippen LogP contribution in [0.1, 0.15) is 32.3 Å². The average molecular weight is 274 g/mol. The third kappa shape index (κ3) is 2.19. The molecule has 2 heterocycles. The number of nitrogens with zero attached hydrogens (tertiary/aromatic N) is 2. The van der Waals surface area contributed by atoms with Gasteiger partial charge in [0.05, 0.1) is 0 Å². The van der Waals surface area contributed by atoms with Crippen LogP contribution in [0, 0.1) is 12.7 Å². The second-order valence-corrected chi connectivity index (χ2v) is 5.95. The Bertz CT molecular complexity index is 646. The Balaban J connectivity index is 2.11. The molecule has 1 aromatic heterocycles. The van der Waals surface area contributed by atoms with Gasteiger partial charge in [0.2, 0.25) is 5.88 Å². The molecule has 0 radical (unpaired) electrons. The summed E-state index contributed by atoms with van der Waals surface area (Å²) in [4.78, 5) is 0. The molecule has 0 N–H and O–H groups in total. The van der Waals surface area contributed by atoms with Crippen molar-refractivity contribution in [2.75, 3.05) is 0 Å². The van der Waals surface area contributed by atoms with E-state index in [2.05, 4.69) is 18.9 Å². The summed E-state index contributed by atoms with van der Waals surface area (Å²) in [6, 6.07) is 6.74. The molecule has 1 aromatic carbocycles. The van der Waals surface area contributed by atoms with Gasteiger partial charge in [0.25, 0.3) is 0 Å². The molecule has 0 bridgehead atoms. The van der Waals surface area contributed by atoms with Crippen molar-refractivity contribution >= 4 is 0 Å². The summed E-state index contributed by atoms with van der Waals surface area (Å²) in [6.07, 6.45) is 2.00. The van der Waals surface area contributed by atoms with Crippen LogP contribution in [-0.4, -0.2) is 15.4 Å². The molecule has 4 heteroatoms. The molecule has 0 saturated heterocycles. The molecule has 3 nitrogen and oxygen atoms in total. The first kappa shape index (κ1) is 13.2. The topological polar surface area (TPSA) is 27.1 Å². The highest BCUT2D eigenvalue weighted by Gasteiger charge is 2.28. The van der Waals surface area contributed by atoms with E-state index in [1.54, 1.807) is 12.1 Å². The Kier molecular flexibility index (Phi) is 3.04. The number of hydrogen-bond acceptors (Lipinski definition) is 2. The van der Waals surface area contributed by atoms with Crippen molar-refractivity contribution in [3.8, 4) is 17.1 Å². The van der Waals surface area contributed by atoms with Crippen LogP contribution in [0.5, 0.6) is 5.88 Å². The predicted molar refractivity (Wildman–Crippen MR) is 76.3 cm³/mol. The fraction of sp³-hybridized carbons (Fsp3) is 0.438. The van der Waals surface area contributed by atoms with Crippen molar-refractivity contribution in [3.63, 3.8) is 0 Å². The molecule has 1 aliphatic rings. The quantitative estimate of drug-likeness (QED) is 0.787. The lowest BCUT2D eigenvalue weighted by Crippen LogP contribution is -2.27. The van der Waals surface area contributed by atoms with Crippen molar-refractivity contribution in [3.05, 3.63) is 35.6 Å². The minimum atomic E-state index is -0.247. The van der Waals surface area contributed by atoms with Gasteiger partial charge < -0.3 is 4.74 Å². The van der Waals surface area contributed by atoms with Crippen molar-refractivity contribution in [1.82, 2.24) is 9.78 Å². The van der Waals surface area contributed by atoms with Gasteiger partial charge in [-0.2, -0.15) is 5.10 Å². The highest BCUT2D eigenvalue weighted by molar-refractivity contribution is 5.65. The molecule has 20 heavy (non-hydrogen) atoms. The summed E-state index contributed by atoms with van der Waals surface area (Å²) in [5.41, 5.74) is 1.92. The molecule has 0 unspecified atom stereocenters. The molecule has 0 saturated carbocycles. The highest BCUT2D eigenvalue weighted by atomic mass is 19.1. The lowest BCUT2D eigenvalue weighted by Gasteiger charge is -2.23. The molecule has 0 aliphatic carbocycles. The van der Waals surface area contributed by atoms with Crippen LogP contribution >= 0.6 is 0 Å². The van der Waals surface area contributed by atoms with Gasteiger partial charge in [0.15, 0.2) is 0 Å². The second kappa shape index (κ2) is 4.62. The molecule has 0 amide bonds. The predicted octanol–water partition coefficient (Wildman–Crippen LogP) is 3.95. The van der Waals surface area contributed by atoms with E-state index in [-0.39, 0.29) is 11.4 Å². The van der Waals surface area contributed by atoms with Crippen LogP contribution in [0.2, 0.25) is 0 Å². The molecule has 0 spiro atoms. The van der Waals surface area contributed by atoms with E-state index in [1.807, 2.05) is 17.7 Å². The zero-order chi connectivity index (χ0) is 14.3. The van der Waals surface area contributed by atoms with E-state index in [0.717, 1.165) is 30.8 Å². The Morgan fingerprint density at radius 3 is 2.80 bits per heavy atom. The van der Waals surface area contributed by atoms with Crippen LogP contribution in [0.3, 0.4) is 0 Å². The van der Waals surface area contributed by atoms with Gasteiger partial charge in [-0.1, -0.05) is 12.1 Å². The van der Waals surface area contributed by atoms with Crippen molar-refractivity contribution in [1.29, 1.82) is 0 Å². The summed E-state index contributed by atoms with van der Waals surface area (Å²) < 4.78 is 21.9. The van der Waals surface area contributed by atoms with E-state index in [4.69, 9.17) is 4.74 Å². The fourth-order valence-corrected chi connectivity index (χ4v) is 2.69. The molecule has 1 aliphatic heterocycles. The van der Waals surface area contributed by atoms with Crippen LogP contribution in [-0.2, 0) is 6.54 Å². The highest BCUT2D eigenvalue weighted by Crippen LogP contribution is 2.36. The number of aromatic nitrogens is 2. The summed E-state index contributed by atoms with van der Waals surface area (Å²) in [7, 11) is 0. The Morgan fingerprint density at radius 1 is 1.30 bits per heavy atom. The number of benzene rings is 1. The number of hydrogen-bond donors (Lipinski definition) is 0. The SMILES string of the molecule is Cc1c(-c2ccccc2F)nn2c1OC(C)(C)CCC2. The normalized spacial score (nSPS) is 17.2. The lowest BCUT2D eigenvalue weighted by molar-refractivity contribution is 0.0979. The van der Waals surface area contributed by atoms with Gasteiger partial charge in [-0.3, -0.25) is 0 Å². The zero-order valence-corrected chi connectivity index (χ0v) is 12.1. The smallest absolute Gasteiger partial charge is 0.215 e. The van der Waals surface area contributed by atoms with Crippen LogP contribution in [0.25, 0.3) is 11.3 Å². The molecule has 0 fully saturated rings. The monoisotopic (exact) mass is 274 g/mol. The third-order valence-electron chi connectivity index (χ3n) is 3.78. The largest absolute Gasteiger partial charge is 0.472 e. The maximum atomic E-state index is 14.0. The zero-order valence-electron chi connectivity index (χ0n) is 12.1. The van der Waals surface area contributed by atoms with E-state index in [0.29, 0.717) is 11.3 Å². The van der Waals surface area contributed by atoms with Gasteiger partial charge in [-0.15, -0.1) is 0 Å². The maximum Gasteiger partial charge on any atom is 0.215 e. The fourth-order valence-electron chi connectivity index (χ4n) is 2.69. The number of fused-ring (bicyclic) bond motifs is 1. The van der Waals surface area contributed by atoms with Crippen molar-refractivity contribution in [2.24, 2.45) is 0 Å². The van der Waals surface area contributed by atoms with Crippen LogP contribution in [0.4, 0.5) is 4.39 Å². The van der Waals surface area contributed by atoms with Gasteiger partial charge in [-0.05, 0) is 45.7 Å². The first-order valence-corrected chi connectivity index (χ1v) is 6.99. The van der Waals surface area contributed by atoms with Crippen molar-refractivity contribution in [2.45, 2.75) is 45.8 Å². The summed E-state index contributed by atoms with van der Waals surface area (Å²) in [6.45, 7) is 6.92. The van der Waals surface area contributed by atoms with Gasteiger partial charge in [-0.25, -0.2) is 9.07 Å². The molecule has 3 rings (SSSR count). The maximum absolute atomic E-state index is 14.0. The number of ether oxygens (including phenoxy) is 1. The van der Waals surface area contributed by atoms with E-state index in [9.17, 15) is 4.39 Å². The van der Waals surface area contributed by atoms with E-state index >= 15 is 0 Å². The molecule has 2 aromatic rings. The van der Waals surface area contributed by atoms with E-state index in [1.165, 1.54) is 6.07 Å². The minimum absolute atomic E-state index is 0.203.